The zero-order valence-electron chi connectivity index (χ0n) is 51.4. The topological polar surface area (TPSA) is 12.9 Å². The maximum absolute atomic E-state index is 4.88. The Morgan fingerprint density at radius 3 is 0.827 bits per heavy atom. The van der Waals surface area contributed by atoms with Crippen molar-refractivity contribution in [2.24, 2.45) is 0 Å². The van der Waals surface area contributed by atoms with Crippen LogP contribution in [0, 0.1) is 0 Å². The molecule has 1 heteroatoms. The smallest absolute Gasteiger partial charge is 0.0702 e. The van der Waals surface area contributed by atoms with E-state index in [2.05, 4.69) is 169 Å². The molecule has 0 bridgehead atoms. The molecule has 81 heavy (non-hydrogen) atoms. The summed E-state index contributed by atoms with van der Waals surface area (Å²) in [5.74, 6) is 0. The molecule has 0 aliphatic heterocycles. The van der Waals surface area contributed by atoms with Gasteiger partial charge >= 0.3 is 0 Å². The van der Waals surface area contributed by atoms with E-state index in [4.69, 9.17) is 4.98 Å². The lowest BCUT2D eigenvalue weighted by Crippen LogP contribution is -2.26. The Labute approximate surface area is 492 Å². The number of nitrogens with zero attached hydrogens (tertiary/aromatic N) is 1. The minimum Gasteiger partial charge on any atom is -0.256 e. The van der Waals surface area contributed by atoms with Crippen LogP contribution in [-0.2, 0) is 16.2 Å². The van der Waals surface area contributed by atoms with E-state index in [1.54, 1.807) is 33.4 Å². The first-order valence-corrected chi connectivity index (χ1v) is 33.7. The number of rotatable bonds is 33. The molecule has 3 aliphatic carbocycles. The highest BCUT2D eigenvalue weighted by Gasteiger charge is 2.46. The molecule has 1 nitrogen and oxygen atoms in total. The van der Waals surface area contributed by atoms with Crippen LogP contribution in [0.1, 0.15) is 268 Å². The fraction of sp³-hybridized carbons (Fsp3) is 0.487. The molecular formula is C80H101N. The number of pyridine rings is 1. The van der Waals surface area contributed by atoms with Crippen molar-refractivity contribution in [2.45, 2.75) is 250 Å². The zero-order chi connectivity index (χ0) is 56.1. The summed E-state index contributed by atoms with van der Waals surface area (Å²) >= 11 is 0. The monoisotopic (exact) mass is 1080 g/mol. The van der Waals surface area contributed by atoms with Gasteiger partial charge < -0.3 is 0 Å². The van der Waals surface area contributed by atoms with Gasteiger partial charge in [-0.15, -0.1) is 0 Å². The highest BCUT2D eigenvalue weighted by molar-refractivity contribution is 5.90. The lowest BCUT2D eigenvalue weighted by molar-refractivity contribution is 0.400. The first-order valence-electron chi connectivity index (χ1n) is 33.7. The number of hydrogen-bond donors (Lipinski definition) is 0. The van der Waals surface area contributed by atoms with E-state index in [0.29, 0.717) is 0 Å². The van der Waals surface area contributed by atoms with Crippen LogP contribution in [0.2, 0.25) is 0 Å². The van der Waals surface area contributed by atoms with Crippen molar-refractivity contribution in [2.75, 3.05) is 0 Å². The van der Waals surface area contributed by atoms with Crippen molar-refractivity contribution in [1.82, 2.24) is 4.98 Å². The molecular weight excluding hydrogens is 975 g/mol. The Morgan fingerprint density at radius 1 is 0.247 bits per heavy atom. The normalized spacial score (nSPS) is 14.6. The molecule has 6 aromatic carbocycles. The van der Waals surface area contributed by atoms with E-state index in [9.17, 15) is 0 Å². The molecule has 0 radical (unpaired) electrons. The highest BCUT2D eigenvalue weighted by atomic mass is 14.7. The summed E-state index contributed by atoms with van der Waals surface area (Å²) in [5.41, 5.74) is 26.2. The standard InChI is InChI=1S/C80H101N/c1-7-13-19-28-48-78(49-29-20-14-8-2)71-36-26-25-35-65(71)66-43-38-60(55-72(66)78)61-39-44-67-68-45-40-62(57-74(68)79(73(67)56-61,50-30-21-15-9-3)51-31-22-16-10-4)63-41-46-69-70-47-42-64(77-37-27-34-54-81-77)59-76(70)80(75(69)58-63,52-32-23-17-11-5)53-33-24-18-12-6/h25-27,34-47,54-59H,7-24,28-33,48-53H2,1-6H3. The van der Waals surface area contributed by atoms with Crippen molar-refractivity contribution in [1.29, 1.82) is 0 Å². The molecule has 0 N–H and O–H groups in total. The van der Waals surface area contributed by atoms with Crippen LogP contribution >= 0.6 is 0 Å². The predicted molar refractivity (Wildman–Crippen MR) is 352 cm³/mol. The molecule has 0 saturated heterocycles. The van der Waals surface area contributed by atoms with E-state index in [-0.39, 0.29) is 16.2 Å². The van der Waals surface area contributed by atoms with Crippen LogP contribution in [0.4, 0.5) is 0 Å². The van der Waals surface area contributed by atoms with Gasteiger partial charge in [0.15, 0.2) is 0 Å². The maximum atomic E-state index is 4.88. The Balaban J connectivity index is 1.09. The molecule has 1 heterocycles. The maximum Gasteiger partial charge on any atom is 0.0702 e. The van der Waals surface area contributed by atoms with Crippen molar-refractivity contribution >= 4 is 0 Å². The van der Waals surface area contributed by atoms with Crippen molar-refractivity contribution in [3.05, 3.63) is 173 Å². The van der Waals surface area contributed by atoms with Gasteiger partial charge in [0, 0.05) is 28.0 Å². The van der Waals surface area contributed by atoms with Crippen LogP contribution in [0.3, 0.4) is 0 Å². The fourth-order valence-electron chi connectivity index (χ4n) is 16.0. The molecule has 3 aliphatic rings. The van der Waals surface area contributed by atoms with Crippen LogP contribution in [0.15, 0.2) is 140 Å². The van der Waals surface area contributed by atoms with Gasteiger partial charge in [-0.1, -0.05) is 287 Å². The van der Waals surface area contributed by atoms with E-state index in [0.717, 1.165) is 5.69 Å². The summed E-state index contributed by atoms with van der Waals surface area (Å²) in [4.78, 5) is 4.88. The molecule has 0 fully saturated rings. The van der Waals surface area contributed by atoms with Crippen LogP contribution in [0.25, 0.3) is 66.9 Å². The van der Waals surface area contributed by atoms with Gasteiger partial charge in [0.2, 0.25) is 0 Å². The molecule has 0 spiro atoms. The molecule has 0 amide bonds. The lowest BCUT2D eigenvalue weighted by atomic mass is 9.69. The van der Waals surface area contributed by atoms with E-state index in [1.807, 2.05) is 12.3 Å². The van der Waals surface area contributed by atoms with Gasteiger partial charge in [-0.05, 0) is 170 Å². The number of hydrogen-bond acceptors (Lipinski definition) is 1. The summed E-state index contributed by atoms with van der Waals surface area (Å²) in [6, 6.07) is 54.3. The first kappa shape index (κ1) is 58.7. The van der Waals surface area contributed by atoms with E-state index >= 15 is 0 Å². The van der Waals surface area contributed by atoms with Crippen molar-refractivity contribution < 1.29 is 0 Å². The van der Waals surface area contributed by atoms with E-state index < -0.39 is 0 Å². The third-order valence-electron chi connectivity index (χ3n) is 20.4. The third kappa shape index (κ3) is 12.0. The summed E-state index contributed by atoms with van der Waals surface area (Å²) < 4.78 is 0. The van der Waals surface area contributed by atoms with E-state index in [1.165, 1.54) is 254 Å². The van der Waals surface area contributed by atoms with Crippen LogP contribution in [-0.4, -0.2) is 4.98 Å². The Kier molecular flexibility index (Phi) is 20.1. The first-order chi connectivity index (χ1) is 39.9. The second-order valence-corrected chi connectivity index (χ2v) is 25.7. The molecule has 0 atom stereocenters. The summed E-state index contributed by atoms with van der Waals surface area (Å²) in [5, 5.41) is 0. The Bertz CT molecular complexity index is 3110. The summed E-state index contributed by atoms with van der Waals surface area (Å²) in [6.45, 7) is 14.2. The molecule has 426 valence electrons. The summed E-state index contributed by atoms with van der Waals surface area (Å²) in [7, 11) is 0. The van der Waals surface area contributed by atoms with Gasteiger partial charge in [-0.2, -0.15) is 0 Å². The molecule has 10 rings (SSSR count). The average Bonchev–Trinajstić information content (AvgIpc) is 3.84. The molecule has 1 aromatic heterocycles. The van der Waals surface area contributed by atoms with Gasteiger partial charge in [-0.3, -0.25) is 4.98 Å². The van der Waals surface area contributed by atoms with Gasteiger partial charge in [0.05, 0.1) is 5.69 Å². The summed E-state index contributed by atoms with van der Waals surface area (Å²) in [6.07, 6.45) is 40.2. The molecule has 0 saturated carbocycles. The van der Waals surface area contributed by atoms with Crippen molar-refractivity contribution in [3.8, 4) is 66.9 Å². The largest absolute Gasteiger partial charge is 0.256 e. The van der Waals surface area contributed by atoms with Gasteiger partial charge in [-0.25, -0.2) is 0 Å². The fourth-order valence-corrected chi connectivity index (χ4v) is 16.0. The lowest BCUT2D eigenvalue weighted by Gasteiger charge is -2.34. The SMILES string of the molecule is CCCCCCC1(CCCCCC)c2ccccc2-c2ccc(-c3ccc4c(c3)C(CCCCCC)(CCCCCC)c3cc(-c5ccc6c(c5)C(CCCCCC)(CCCCCC)c5cc(-c7ccccn7)ccc5-6)ccc3-4)cc21. The van der Waals surface area contributed by atoms with Gasteiger partial charge in [0.25, 0.3) is 0 Å². The highest BCUT2D eigenvalue weighted by Crippen LogP contribution is 2.60. The quantitative estimate of drug-likeness (QED) is 0.0374. The Hall–Kier alpha value is -5.53. The molecule has 0 unspecified atom stereocenters. The Morgan fingerprint density at radius 2 is 0.519 bits per heavy atom. The van der Waals surface area contributed by atoms with Crippen molar-refractivity contribution in [3.63, 3.8) is 0 Å². The van der Waals surface area contributed by atoms with Gasteiger partial charge in [0.1, 0.15) is 0 Å². The zero-order valence-corrected chi connectivity index (χ0v) is 51.4. The second-order valence-electron chi connectivity index (χ2n) is 25.7. The number of unbranched alkanes of at least 4 members (excludes halogenated alkanes) is 18. The number of benzene rings is 6. The second kappa shape index (κ2) is 27.7. The van der Waals surface area contributed by atoms with Crippen LogP contribution < -0.4 is 0 Å². The number of aromatic nitrogens is 1. The van der Waals surface area contributed by atoms with Crippen LogP contribution in [0.5, 0.6) is 0 Å². The third-order valence-corrected chi connectivity index (χ3v) is 20.4. The average molecular weight is 1080 g/mol. The molecule has 7 aromatic rings. The minimum absolute atomic E-state index is 0.0251. The minimum atomic E-state index is -0.0371. The predicted octanol–water partition coefficient (Wildman–Crippen LogP) is 24.7. The number of fused-ring (bicyclic) bond motifs is 9.